The van der Waals surface area contributed by atoms with E-state index in [0.717, 1.165) is 50.1 Å². The lowest BCUT2D eigenvalue weighted by Crippen LogP contribution is -2.50. The fraction of sp³-hybridized carbons (Fsp3) is 0.318. The molecule has 0 N–H and O–H groups in total. The van der Waals surface area contributed by atoms with Crippen molar-refractivity contribution in [2.45, 2.75) is 31.3 Å². The van der Waals surface area contributed by atoms with Crippen molar-refractivity contribution in [2.75, 3.05) is 13.1 Å². The average Bonchev–Trinajstić information content (AvgIpc) is 2.68. The fourth-order valence-electron chi connectivity index (χ4n) is 3.82. The van der Waals surface area contributed by atoms with Crippen molar-refractivity contribution in [2.24, 2.45) is 0 Å². The number of benzene rings is 2. The number of carbonyl (C=O) groups excluding carboxylic acids is 1. The first-order valence-electron chi connectivity index (χ1n) is 9.14. The third kappa shape index (κ3) is 3.49. The highest BCUT2D eigenvalue weighted by atomic mass is 35.5. The molecule has 1 spiro atoms. The van der Waals surface area contributed by atoms with Gasteiger partial charge in [0, 0.05) is 37.0 Å². The van der Waals surface area contributed by atoms with Crippen molar-refractivity contribution in [1.82, 2.24) is 4.90 Å². The summed E-state index contributed by atoms with van der Waals surface area (Å²) in [5.74, 6) is 1.05. The molecule has 0 radical (unpaired) electrons. The second kappa shape index (κ2) is 7.16. The number of hydrogen-bond donors (Lipinski definition) is 0. The number of amides is 1. The number of aryl methyl sites for hydroxylation is 1. The van der Waals surface area contributed by atoms with Crippen molar-refractivity contribution in [3.8, 4) is 5.75 Å². The second-order valence-corrected chi connectivity index (χ2v) is 7.48. The average molecular weight is 368 g/mol. The number of likely N-dealkylation sites (tertiary alicyclic amines) is 1. The van der Waals surface area contributed by atoms with E-state index < -0.39 is 0 Å². The van der Waals surface area contributed by atoms with Crippen molar-refractivity contribution in [3.05, 3.63) is 70.8 Å². The van der Waals surface area contributed by atoms with E-state index in [9.17, 15) is 4.79 Å². The Kier molecular flexibility index (Phi) is 4.73. The fourth-order valence-corrected chi connectivity index (χ4v) is 4.02. The first-order chi connectivity index (χ1) is 12.7. The van der Waals surface area contributed by atoms with E-state index >= 15 is 0 Å². The highest BCUT2D eigenvalue weighted by Crippen LogP contribution is 2.39. The van der Waals surface area contributed by atoms with Crippen LogP contribution in [0.25, 0.3) is 6.08 Å². The molecule has 26 heavy (non-hydrogen) atoms. The molecule has 2 aliphatic heterocycles. The van der Waals surface area contributed by atoms with Crippen LogP contribution in [0.5, 0.6) is 5.75 Å². The molecule has 2 aromatic rings. The Bertz CT molecular complexity index is 838. The summed E-state index contributed by atoms with van der Waals surface area (Å²) in [6.07, 6.45) is 7.26. The molecule has 1 fully saturated rings. The molecule has 0 saturated carbocycles. The molecule has 2 aromatic carbocycles. The molecule has 4 heteroatoms. The summed E-state index contributed by atoms with van der Waals surface area (Å²) in [5.41, 5.74) is 2.04. The van der Waals surface area contributed by atoms with Crippen LogP contribution in [0.1, 0.15) is 30.4 Å². The van der Waals surface area contributed by atoms with E-state index in [1.807, 2.05) is 35.2 Å². The monoisotopic (exact) mass is 367 g/mol. The quantitative estimate of drug-likeness (QED) is 0.717. The van der Waals surface area contributed by atoms with Gasteiger partial charge < -0.3 is 9.64 Å². The second-order valence-electron chi connectivity index (χ2n) is 7.07. The van der Waals surface area contributed by atoms with Crippen molar-refractivity contribution in [1.29, 1.82) is 0 Å². The molecular weight excluding hydrogens is 346 g/mol. The normalized spacial score (nSPS) is 18.6. The molecule has 0 aromatic heterocycles. The zero-order valence-corrected chi connectivity index (χ0v) is 15.4. The van der Waals surface area contributed by atoms with E-state index in [-0.39, 0.29) is 11.5 Å². The molecule has 3 nitrogen and oxygen atoms in total. The summed E-state index contributed by atoms with van der Waals surface area (Å²) in [7, 11) is 0. The maximum absolute atomic E-state index is 12.5. The Labute approximate surface area is 159 Å². The maximum Gasteiger partial charge on any atom is 0.246 e. The number of halogens is 1. The lowest BCUT2D eigenvalue weighted by Gasteiger charge is -2.44. The van der Waals surface area contributed by atoms with Gasteiger partial charge in [-0.2, -0.15) is 0 Å². The van der Waals surface area contributed by atoms with Gasteiger partial charge in [-0.1, -0.05) is 48.0 Å². The molecule has 0 unspecified atom stereocenters. The van der Waals surface area contributed by atoms with Gasteiger partial charge in [0.05, 0.1) is 0 Å². The number of rotatable bonds is 2. The molecule has 1 amide bonds. The summed E-state index contributed by atoms with van der Waals surface area (Å²) < 4.78 is 6.36. The Balaban J connectivity index is 1.38. The number of carbonyl (C=O) groups is 1. The molecule has 2 heterocycles. The van der Waals surface area contributed by atoms with Crippen LogP contribution in [0.3, 0.4) is 0 Å². The van der Waals surface area contributed by atoms with E-state index in [0.29, 0.717) is 5.02 Å². The number of piperidine rings is 1. The Morgan fingerprint density at radius 1 is 1.04 bits per heavy atom. The molecule has 4 rings (SSSR count). The van der Waals surface area contributed by atoms with Crippen LogP contribution in [0, 0.1) is 0 Å². The lowest BCUT2D eigenvalue weighted by atomic mass is 9.83. The zero-order chi connectivity index (χ0) is 18.0. The Hall–Kier alpha value is -2.26. The first-order valence-corrected chi connectivity index (χ1v) is 9.51. The van der Waals surface area contributed by atoms with Gasteiger partial charge >= 0.3 is 0 Å². The van der Waals surface area contributed by atoms with E-state index in [4.69, 9.17) is 16.3 Å². The van der Waals surface area contributed by atoms with Crippen LogP contribution < -0.4 is 4.74 Å². The Morgan fingerprint density at radius 2 is 1.77 bits per heavy atom. The molecule has 2 aliphatic rings. The summed E-state index contributed by atoms with van der Waals surface area (Å²) in [6.45, 7) is 1.46. The first kappa shape index (κ1) is 17.2. The van der Waals surface area contributed by atoms with Crippen LogP contribution in [0.2, 0.25) is 5.02 Å². The van der Waals surface area contributed by atoms with E-state index in [2.05, 4.69) is 18.2 Å². The molecular formula is C22H22ClNO2. The van der Waals surface area contributed by atoms with Crippen LogP contribution >= 0.6 is 11.6 Å². The topological polar surface area (TPSA) is 29.5 Å². The number of ether oxygens (including phenoxy) is 1. The van der Waals surface area contributed by atoms with Crippen molar-refractivity contribution >= 4 is 23.6 Å². The largest absolute Gasteiger partial charge is 0.487 e. The summed E-state index contributed by atoms with van der Waals surface area (Å²) in [6, 6.07) is 15.8. The highest BCUT2D eigenvalue weighted by molar-refractivity contribution is 6.32. The molecule has 0 aliphatic carbocycles. The predicted octanol–water partition coefficient (Wildman–Crippen LogP) is 4.74. The van der Waals surface area contributed by atoms with Crippen LogP contribution in [-0.4, -0.2) is 29.5 Å². The van der Waals surface area contributed by atoms with Crippen molar-refractivity contribution in [3.63, 3.8) is 0 Å². The third-order valence-corrected chi connectivity index (χ3v) is 5.79. The number of hydrogen-bond acceptors (Lipinski definition) is 2. The minimum atomic E-state index is -0.114. The van der Waals surface area contributed by atoms with Gasteiger partial charge in [0.2, 0.25) is 5.91 Å². The van der Waals surface area contributed by atoms with E-state index in [1.54, 1.807) is 12.2 Å². The molecule has 0 atom stereocenters. The van der Waals surface area contributed by atoms with Gasteiger partial charge in [0.1, 0.15) is 11.4 Å². The van der Waals surface area contributed by atoms with Gasteiger partial charge in [0.25, 0.3) is 0 Å². The highest BCUT2D eigenvalue weighted by Gasteiger charge is 2.39. The van der Waals surface area contributed by atoms with Gasteiger partial charge in [0.15, 0.2) is 0 Å². The van der Waals surface area contributed by atoms with Crippen LogP contribution in [0.15, 0.2) is 54.6 Å². The third-order valence-electron chi connectivity index (χ3n) is 5.45. The minimum Gasteiger partial charge on any atom is -0.487 e. The summed E-state index contributed by atoms with van der Waals surface area (Å²) in [5, 5.41) is 0.656. The van der Waals surface area contributed by atoms with Gasteiger partial charge in [-0.25, -0.2) is 0 Å². The zero-order valence-electron chi connectivity index (χ0n) is 14.7. The number of nitrogens with zero attached hydrogens (tertiary/aromatic N) is 1. The minimum absolute atomic E-state index is 0.0379. The maximum atomic E-state index is 12.5. The molecule has 1 saturated heterocycles. The standard InChI is InChI=1S/C22H22ClNO2/c23-19-7-3-1-5-17(19)9-10-21(25)24-15-13-22(14-16-24)12-11-18-6-2-4-8-20(18)26-22/h1-10H,11-16H2/b10-9+. The van der Waals surface area contributed by atoms with Crippen LogP contribution in [0.4, 0.5) is 0 Å². The van der Waals surface area contributed by atoms with Crippen LogP contribution in [-0.2, 0) is 11.2 Å². The summed E-state index contributed by atoms with van der Waals surface area (Å²) >= 11 is 6.14. The lowest BCUT2D eigenvalue weighted by molar-refractivity contribution is -0.129. The van der Waals surface area contributed by atoms with Gasteiger partial charge in [-0.3, -0.25) is 4.79 Å². The van der Waals surface area contributed by atoms with E-state index in [1.165, 1.54) is 5.56 Å². The van der Waals surface area contributed by atoms with Crippen molar-refractivity contribution < 1.29 is 9.53 Å². The Morgan fingerprint density at radius 3 is 2.58 bits per heavy atom. The smallest absolute Gasteiger partial charge is 0.246 e. The molecule has 0 bridgehead atoms. The molecule has 134 valence electrons. The van der Waals surface area contributed by atoms with Gasteiger partial charge in [-0.15, -0.1) is 0 Å². The SMILES string of the molecule is O=C(/C=C/c1ccccc1Cl)N1CCC2(CCc3ccccc3O2)CC1. The predicted molar refractivity (Wildman–Crippen MR) is 104 cm³/mol. The van der Waals surface area contributed by atoms with Gasteiger partial charge in [-0.05, 0) is 42.2 Å². The number of para-hydroxylation sites is 1. The summed E-state index contributed by atoms with van der Waals surface area (Å²) in [4.78, 5) is 14.4. The number of fused-ring (bicyclic) bond motifs is 1.